The third-order valence-electron chi connectivity index (χ3n) is 11.8. The summed E-state index contributed by atoms with van der Waals surface area (Å²) >= 11 is 0. The summed E-state index contributed by atoms with van der Waals surface area (Å²) in [6, 6.07) is 30.0. The van der Waals surface area contributed by atoms with E-state index in [-0.39, 0.29) is 25.2 Å². The Bertz CT molecular complexity index is 1470. The number of carbonyl (C=O) groups is 2. The Morgan fingerprint density at radius 2 is 0.885 bits per heavy atom. The molecule has 0 aliphatic heterocycles. The molecule has 0 saturated carbocycles. The standard InChI is InChI=1S/C56H82O5/c1-3-5-7-9-11-13-15-17-18-20-22-24-26-28-39-47-54(58)61-53(55(59)52(57)46-38-27-25-23-21-19-16-14-12-10-8-6-4-2)48-60-56(49-40-32-29-33-41-49,50-42-34-30-35-43-50)51-44-36-31-37-45-51/h11,13,17-18,29-37,40-45,53,55,59H,3-10,12,14-16,19-28,38-39,46-48H2,1-2H3/b13-11-,18-17-. The van der Waals surface area contributed by atoms with Crippen LogP contribution in [0.25, 0.3) is 0 Å². The highest BCUT2D eigenvalue weighted by molar-refractivity contribution is 5.84. The summed E-state index contributed by atoms with van der Waals surface area (Å²) in [4.78, 5) is 27.0. The average molecular weight is 835 g/mol. The van der Waals surface area contributed by atoms with E-state index in [9.17, 15) is 14.7 Å². The number of allylic oxidation sites excluding steroid dienone is 4. The Kier molecular flexibility index (Phi) is 28.5. The number of aliphatic hydroxyl groups is 1. The van der Waals surface area contributed by atoms with Crippen LogP contribution in [0.15, 0.2) is 115 Å². The molecule has 0 heterocycles. The summed E-state index contributed by atoms with van der Waals surface area (Å²) in [6.45, 7) is 4.34. The molecule has 0 aliphatic rings. The minimum absolute atomic E-state index is 0.155. The lowest BCUT2D eigenvalue weighted by Gasteiger charge is -2.37. The van der Waals surface area contributed by atoms with Crippen LogP contribution in [0, 0.1) is 0 Å². The maximum Gasteiger partial charge on any atom is 0.306 e. The first-order valence-corrected chi connectivity index (χ1v) is 24.5. The van der Waals surface area contributed by atoms with Gasteiger partial charge in [0.15, 0.2) is 18.0 Å². The van der Waals surface area contributed by atoms with Crippen LogP contribution in [0.4, 0.5) is 0 Å². The number of Topliss-reactive ketones (excluding diaryl/α,β-unsaturated/α-hetero) is 1. The summed E-state index contributed by atoms with van der Waals surface area (Å²) in [5.41, 5.74) is 1.62. The van der Waals surface area contributed by atoms with Gasteiger partial charge in [0.25, 0.3) is 0 Å². The van der Waals surface area contributed by atoms with Crippen LogP contribution in [0.3, 0.4) is 0 Å². The number of hydrogen-bond donors (Lipinski definition) is 1. The van der Waals surface area contributed by atoms with Crippen molar-refractivity contribution in [2.45, 2.75) is 199 Å². The molecule has 5 nitrogen and oxygen atoms in total. The first-order chi connectivity index (χ1) is 30.0. The molecule has 0 spiro atoms. The molecular formula is C56H82O5. The van der Waals surface area contributed by atoms with Gasteiger partial charge in [-0.15, -0.1) is 0 Å². The Morgan fingerprint density at radius 1 is 0.508 bits per heavy atom. The third-order valence-corrected chi connectivity index (χ3v) is 11.8. The van der Waals surface area contributed by atoms with Gasteiger partial charge in [0.2, 0.25) is 0 Å². The quantitative estimate of drug-likeness (QED) is 0.0271. The second kappa shape index (κ2) is 33.8. The number of benzene rings is 3. The van der Waals surface area contributed by atoms with Gasteiger partial charge in [-0.3, -0.25) is 9.59 Å². The minimum Gasteiger partial charge on any atom is -0.457 e. The number of ketones is 1. The van der Waals surface area contributed by atoms with Gasteiger partial charge in [0.1, 0.15) is 5.60 Å². The monoisotopic (exact) mass is 835 g/mol. The molecule has 61 heavy (non-hydrogen) atoms. The Labute approximate surface area is 371 Å². The van der Waals surface area contributed by atoms with Crippen molar-refractivity contribution >= 4 is 11.8 Å². The summed E-state index contributed by atoms with van der Waals surface area (Å²) in [5.74, 6) is -0.705. The number of unbranched alkanes of at least 4 members (excludes halogenated alkanes) is 20. The maximum atomic E-state index is 13.6. The van der Waals surface area contributed by atoms with Gasteiger partial charge in [-0.2, -0.15) is 0 Å². The lowest BCUT2D eigenvalue weighted by atomic mass is 9.80. The van der Waals surface area contributed by atoms with E-state index < -0.39 is 23.8 Å². The fourth-order valence-corrected chi connectivity index (χ4v) is 8.15. The molecule has 3 rings (SSSR count). The fourth-order valence-electron chi connectivity index (χ4n) is 8.15. The molecule has 2 unspecified atom stereocenters. The molecule has 0 saturated heterocycles. The SMILES string of the molecule is CCCCC/C=C\C/C=C\CCCCCCCC(=O)OC(COC(c1ccccc1)(c1ccccc1)c1ccccc1)C(O)C(=O)CCCCCCCCCCCCCCC. The zero-order chi connectivity index (χ0) is 43.5. The highest BCUT2D eigenvalue weighted by Gasteiger charge is 2.40. The van der Waals surface area contributed by atoms with E-state index in [1.807, 2.05) is 91.0 Å². The molecule has 0 fully saturated rings. The molecule has 0 bridgehead atoms. The smallest absolute Gasteiger partial charge is 0.306 e. The highest BCUT2D eigenvalue weighted by atomic mass is 16.6. The van der Waals surface area contributed by atoms with Gasteiger partial charge in [-0.05, 0) is 61.6 Å². The first kappa shape index (κ1) is 51.5. The summed E-state index contributed by atoms with van der Waals surface area (Å²) in [7, 11) is 0. The number of ether oxygens (including phenoxy) is 2. The predicted octanol–water partition coefficient (Wildman–Crippen LogP) is 15.1. The summed E-state index contributed by atoms with van der Waals surface area (Å²) in [5, 5.41) is 11.6. The van der Waals surface area contributed by atoms with Crippen LogP contribution in [0.2, 0.25) is 0 Å². The second-order valence-corrected chi connectivity index (χ2v) is 17.0. The number of carbonyl (C=O) groups excluding carboxylic acids is 2. The molecule has 0 radical (unpaired) electrons. The van der Waals surface area contributed by atoms with Crippen LogP contribution in [-0.4, -0.2) is 35.7 Å². The molecule has 2 atom stereocenters. The van der Waals surface area contributed by atoms with Gasteiger partial charge < -0.3 is 14.6 Å². The van der Waals surface area contributed by atoms with Gasteiger partial charge in [-0.25, -0.2) is 0 Å². The topological polar surface area (TPSA) is 72.8 Å². The van der Waals surface area contributed by atoms with Crippen LogP contribution in [0.1, 0.15) is 197 Å². The van der Waals surface area contributed by atoms with E-state index in [4.69, 9.17) is 9.47 Å². The molecule has 1 N–H and O–H groups in total. The van der Waals surface area contributed by atoms with Crippen LogP contribution in [0.5, 0.6) is 0 Å². The largest absolute Gasteiger partial charge is 0.457 e. The Morgan fingerprint density at radius 3 is 1.34 bits per heavy atom. The molecule has 5 heteroatoms. The lowest BCUT2D eigenvalue weighted by molar-refractivity contribution is -0.167. The zero-order valence-corrected chi connectivity index (χ0v) is 38.3. The summed E-state index contributed by atoms with van der Waals surface area (Å²) < 4.78 is 13.0. The lowest BCUT2D eigenvalue weighted by Crippen LogP contribution is -2.44. The average Bonchev–Trinajstić information content (AvgIpc) is 3.29. The number of hydrogen-bond acceptors (Lipinski definition) is 5. The maximum absolute atomic E-state index is 13.6. The van der Waals surface area contributed by atoms with Crippen molar-refractivity contribution in [1.29, 1.82) is 0 Å². The van der Waals surface area contributed by atoms with Crippen molar-refractivity contribution in [2.75, 3.05) is 6.61 Å². The first-order valence-electron chi connectivity index (χ1n) is 24.5. The normalized spacial score (nSPS) is 12.9. The predicted molar refractivity (Wildman–Crippen MR) is 256 cm³/mol. The van der Waals surface area contributed by atoms with E-state index in [2.05, 4.69) is 38.2 Å². The van der Waals surface area contributed by atoms with E-state index in [1.165, 1.54) is 89.9 Å². The van der Waals surface area contributed by atoms with E-state index in [0.717, 1.165) is 68.1 Å². The molecule has 336 valence electrons. The van der Waals surface area contributed by atoms with E-state index in [0.29, 0.717) is 12.8 Å². The molecule has 3 aromatic carbocycles. The van der Waals surface area contributed by atoms with Gasteiger partial charge in [0, 0.05) is 12.8 Å². The van der Waals surface area contributed by atoms with Gasteiger partial charge in [0.05, 0.1) is 6.61 Å². The molecule has 3 aromatic rings. The van der Waals surface area contributed by atoms with E-state index in [1.54, 1.807) is 0 Å². The van der Waals surface area contributed by atoms with Crippen molar-refractivity contribution in [2.24, 2.45) is 0 Å². The van der Waals surface area contributed by atoms with Crippen LogP contribution in [-0.2, 0) is 24.7 Å². The molecule has 0 aliphatic carbocycles. The number of aliphatic hydroxyl groups excluding tert-OH is 1. The van der Waals surface area contributed by atoms with Gasteiger partial charge in [-0.1, -0.05) is 238 Å². The Balaban J connectivity index is 1.58. The second-order valence-electron chi connectivity index (χ2n) is 17.0. The summed E-state index contributed by atoms with van der Waals surface area (Å²) in [6.07, 6.45) is 34.9. The van der Waals surface area contributed by atoms with E-state index >= 15 is 0 Å². The van der Waals surface area contributed by atoms with Crippen molar-refractivity contribution in [3.8, 4) is 0 Å². The highest BCUT2D eigenvalue weighted by Crippen LogP contribution is 2.40. The molecule has 0 amide bonds. The van der Waals surface area contributed by atoms with Gasteiger partial charge >= 0.3 is 5.97 Å². The minimum atomic E-state index is -1.48. The van der Waals surface area contributed by atoms with Crippen molar-refractivity contribution < 1.29 is 24.2 Å². The van der Waals surface area contributed by atoms with Crippen LogP contribution >= 0.6 is 0 Å². The number of esters is 1. The molecule has 0 aromatic heterocycles. The van der Waals surface area contributed by atoms with Crippen molar-refractivity contribution in [1.82, 2.24) is 0 Å². The fraction of sp³-hybridized carbons (Fsp3) is 0.571. The van der Waals surface area contributed by atoms with Crippen molar-refractivity contribution in [3.63, 3.8) is 0 Å². The number of rotatable bonds is 37. The third kappa shape index (κ3) is 21.2. The van der Waals surface area contributed by atoms with Crippen LogP contribution < -0.4 is 0 Å². The molecular weight excluding hydrogens is 753 g/mol. The Hall–Kier alpha value is -3.80. The zero-order valence-electron chi connectivity index (χ0n) is 38.3. The van der Waals surface area contributed by atoms with Crippen molar-refractivity contribution in [3.05, 3.63) is 132 Å².